The number of esters is 2. The third-order valence-electron chi connectivity index (χ3n) is 7.90. The number of aromatic nitrogens is 3. The number of rotatable bonds is 13. The molecule has 1 aromatic heterocycles. The Morgan fingerprint density at radius 3 is 2.56 bits per heavy atom. The second kappa shape index (κ2) is 15.0. The number of fused-ring (bicyclic) bond motifs is 1. The van der Waals surface area contributed by atoms with Gasteiger partial charge in [0.2, 0.25) is 0 Å². The second-order valence-corrected chi connectivity index (χ2v) is 12.2. The summed E-state index contributed by atoms with van der Waals surface area (Å²) >= 11 is 0. The molecule has 0 aliphatic carbocycles. The van der Waals surface area contributed by atoms with Crippen molar-refractivity contribution in [1.82, 2.24) is 20.1 Å². The van der Waals surface area contributed by atoms with E-state index in [1.807, 2.05) is 44.2 Å². The summed E-state index contributed by atoms with van der Waals surface area (Å²) in [5.74, 6) is -2.03. The van der Waals surface area contributed by atoms with Crippen LogP contribution in [0.3, 0.4) is 0 Å². The van der Waals surface area contributed by atoms with E-state index >= 15 is 0 Å². The molecule has 15 heteroatoms. The molecule has 1 aliphatic rings. The predicted octanol–water partition coefficient (Wildman–Crippen LogP) is 5.56. The van der Waals surface area contributed by atoms with Gasteiger partial charge in [0.1, 0.15) is 24.3 Å². The minimum absolute atomic E-state index is 0.0679. The number of hydrogen-bond acceptors (Lipinski definition) is 10. The van der Waals surface area contributed by atoms with E-state index in [9.17, 15) is 27.6 Å². The lowest BCUT2D eigenvalue weighted by Crippen LogP contribution is -2.43. The molecule has 264 valence electrons. The smallest absolute Gasteiger partial charge is 0.489 e. The van der Waals surface area contributed by atoms with Gasteiger partial charge in [0.05, 0.1) is 18.4 Å². The highest BCUT2D eigenvalue weighted by Gasteiger charge is 2.43. The molecule has 4 aromatic rings. The van der Waals surface area contributed by atoms with Gasteiger partial charge in [0, 0.05) is 35.8 Å². The van der Waals surface area contributed by atoms with E-state index in [1.54, 1.807) is 35.9 Å². The highest BCUT2D eigenvalue weighted by atomic mass is 19.4. The maximum absolute atomic E-state index is 13.5. The van der Waals surface area contributed by atoms with Gasteiger partial charge in [-0.3, -0.25) is 4.79 Å². The zero-order chi connectivity index (χ0) is 36.1. The van der Waals surface area contributed by atoms with Crippen molar-refractivity contribution in [2.24, 2.45) is 0 Å². The van der Waals surface area contributed by atoms with Crippen LogP contribution >= 0.6 is 0 Å². The Morgan fingerprint density at radius 2 is 1.84 bits per heavy atom. The third-order valence-corrected chi connectivity index (χ3v) is 7.90. The number of aryl methyl sites for hydroxylation is 2. The number of alkyl halides is 3. The van der Waals surface area contributed by atoms with Crippen LogP contribution in [0.15, 0.2) is 66.7 Å². The van der Waals surface area contributed by atoms with Crippen LogP contribution in [-0.2, 0) is 32.2 Å². The fraction of sp³-hybridized carbons (Fsp3) is 0.343. The monoisotopic (exact) mass is 695 g/mol. The topological polar surface area (TPSA) is 143 Å². The lowest BCUT2D eigenvalue weighted by molar-refractivity contribution is -0.205. The lowest BCUT2D eigenvalue weighted by Gasteiger charge is -2.31. The molecule has 0 fully saturated rings. The number of carbonyl (C=O) groups is 3. The Hall–Kier alpha value is -5.44. The molecule has 0 spiro atoms. The molecule has 2 heterocycles. The Kier molecular flexibility index (Phi) is 10.7. The quantitative estimate of drug-likeness (QED) is 0.171. The first-order chi connectivity index (χ1) is 23.7. The van der Waals surface area contributed by atoms with Gasteiger partial charge in [-0.1, -0.05) is 42.5 Å². The molecule has 1 aliphatic heterocycles. The van der Waals surface area contributed by atoms with Crippen molar-refractivity contribution >= 4 is 23.5 Å². The minimum Gasteiger partial charge on any atom is -0.489 e. The summed E-state index contributed by atoms with van der Waals surface area (Å²) in [6.45, 7) is 5.34. The third kappa shape index (κ3) is 8.96. The fourth-order valence-corrected chi connectivity index (χ4v) is 5.18. The number of anilines is 1. The van der Waals surface area contributed by atoms with Crippen molar-refractivity contribution in [2.45, 2.75) is 58.2 Å². The Bertz CT molecular complexity index is 1860. The normalized spacial score (nSPS) is 13.5. The largest absolute Gasteiger partial charge is 0.490 e. The van der Waals surface area contributed by atoms with E-state index in [2.05, 4.69) is 20.7 Å². The highest BCUT2D eigenvalue weighted by molar-refractivity contribution is 5.96. The Balaban J connectivity index is 1.35. The number of ether oxygens (including phenoxy) is 4. The van der Waals surface area contributed by atoms with Crippen LogP contribution in [-0.4, -0.2) is 64.6 Å². The zero-order valence-electron chi connectivity index (χ0n) is 27.8. The number of methoxy groups -OCH3 is 1. The number of benzene rings is 3. The molecular formula is C35H36F3N5O7. The zero-order valence-corrected chi connectivity index (χ0v) is 27.8. The van der Waals surface area contributed by atoms with Crippen LogP contribution in [0.5, 0.6) is 11.5 Å². The SMILES string of the molecule is COC(=O)c1cccc(-c2nc(C)n(CCC(C)(C)NCC(OC(=O)C(F)(F)F)c3cc(OCc4ccccc4)cc4c3OCC(=O)N4)n2)c1. The van der Waals surface area contributed by atoms with Crippen LogP contribution in [0.1, 0.15) is 53.7 Å². The molecule has 1 unspecified atom stereocenters. The van der Waals surface area contributed by atoms with E-state index in [4.69, 9.17) is 18.9 Å². The molecule has 2 N–H and O–H groups in total. The van der Waals surface area contributed by atoms with Gasteiger partial charge in [-0.2, -0.15) is 18.3 Å². The van der Waals surface area contributed by atoms with Gasteiger partial charge in [0.15, 0.2) is 18.2 Å². The van der Waals surface area contributed by atoms with Crippen molar-refractivity contribution in [3.05, 3.63) is 89.2 Å². The molecule has 0 saturated heterocycles. The molecule has 0 bridgehead atoms. The summed E-state index contributed by atoms with van der Waals surface area (Å²) in [4.78, 5) is 40.8. The van der Waals surface area contributed by atoms with E-state index in [0.29, 0.717) is 35.7 Å². The van der Waals surface area contributed by atoms with Crippen LogP contribution in [0.25, 0.3) is 11.4 Å². The van der Waals surface area contributed by atoms with Gasteiger partial charge >= 0.3 is 18.1 Å². The van der Waals surface area contributed by atoms with Gasteiger partial charge in [-0.15, -0.1) is 0 Å². The molecule has 5 rings (SSSR count). The fourth-order valence-electron chi connectivity index (χ4n) is 5.18. The van der Waals surface area contributed by atoms with Crippen molar-refractivity contribution in [1.29, 1.82) is 0 Å². The first-order valence-corrected chi connectivity index (χ1v) is 15.6. The summed E-state index contributed by atoms with van der Waals surface area (Å²) in [5.41, 5.74) is 1.34. The number of hydrogen-bond donors (Lipinski definition) is 2. The molecule has 12 nitrogen and oxygen atoms in total. The standard InChI is InChI=1S/C35H36F3N5O7/c1-21-40-31(23-11-8-12-24(15-23)32(45)47-4)42-43(21)14-13-34(2,3)39-18-28(50-33(46)35(36,37)38)26-16-25(48-19-22-9-6-5-7-10-22)17-27-30(26)49-20-29(44)41-27/h5-12,15-17,28,39H,13-14,18-20H2,1-4H3,(H,41,44). The molecule has 1 amide bonds. The Morgan fingerprint density at radius 1 is 1.08 bits per heavy atom. The summed E-state index contributed by atoms with van der Waals surface area (Å²) < 4.78 is 63.5. The molecule has 50 heavy (non-hydrogen) atoms. The molecular weight excluding hydrogens is 659 g/mol. The van der Waals surface area contributed by atoms with Crippen molar-refractivity contribution in [2.75, 3.05) is 25.6 Å². The molecule has 3 aromatic carbocycles. The maximum Gasteiger partial charge on any atom is 0.490 e. The van der Waals surface area contributed by atoms with Crippen LogP contribution in [0, 0.1) is 6.92 Å². The first kappa shape index (κ1) is 35.9. The van der Waals surface area contributed by atoms with Crippen LogP contribution in [0.2, 0.25) is 0 Å². The minimum atomic E-state index is -5.26. The van der Waals surface area contributed by atoms with Crippen molar-refractivity contribution in [3.8, 4) is 22.9 Å². The van der Waals surface area contributed by atoms with Gasteiger partial charge in [0.25, 0.3) is 5.91 Å². The van der Waals surface area contributed by atoms with Crippen LogP contribution < -0.4 is 20.1 Å². The summed E-state index contributed by atoms with van der Waals surface area (Å²) in [6, 6.07) is 18.9. The van der Waals surface area contributed by atoms with Crippen molar-refractivity contribution in [3.63, 3.8) is 0 Å². The number of nitrogens with one attached hydrogen (secondary N) is 2. The molecule has 0 saturated carbocycles. The summed E-state index contributed by atoms with van der Waals surface area (Å²) in [6.07, 6.45) is -6.32. The molecule has 0 radical (unpaired) electrons. The first-order valence-electron chi connectivity index (χ1n) is 15.6. The molecule has 1 atom stereocenters. The summed E-state index contributed by atoms with van der Waals surface area (Å²) in [7, 11) is 1.30. The lowest BCUT2D eigenvalue weighted by atomic mass is 9.98. The number of amides is 1. The van der Waals surface area contributed by atoms with Gasteiger partial charge in [-0.05, 0) is 51.0 Å². The second-order valence-electron chi connectivity index (χ2n) is 12.2. The Labute approximate surface area is 285 Å². The van der Waals surface area contributed by atoms with E-state index in [0.717, 1.165) is 5.56 Å². The van der Waals surface area contributed by atoms with E-state index < -0.39 is 35.7 Å². The van der Waals surface area contributed by atoms with Gasteiger partial charge < -0.3 is 29.6 Å². The average molecular weight is 696 g/mol. The predicted molar refractivity (Wildman–Crippen MR) is 174 cm³/mol. The maximum atomic E-state index is 13.5. The average Bonchev–Trinajstić information content (AvgIpc) is 3.47. The van der Waals surface area contributed by atoms with Crippen LogP contribution in [0.4, 0.5) is 18.9 Å². The number of carbonyl (C=O) groups excluding carboxylic acids is 3. The van der Waals surface area contributed by atoms with E-state index in [-0.39, 0.29) is 42.5 Å². The van der Waals surface area contributed by atoms with Crippen molar-refractivity contribution < 1.29 is 46.5 Å². The summed E-state index contributed by atoms with van der Waals surface area (Å²) in [5, 5.41) is 10.5. The van der Waals surface area contributed by atoms with Gasteiger partial charge in [-0.25, -0.2) is 19.3 Å². The number of nitrogens with zero attached hydrogens (tertiary/aromatic N) is 3. The number of halogens is 3. The van der Waals surface area contributed by atoms with E-state index in [1.165, 1.54) is 19.2 Å². The highest BCUT2D eigenvalue weighted by Crippen LogP contribution is 2.41.